The van der Waals surface area contributed by atoms with E-state index >= 15 is 0 Å². The SMILES string of the molecule is CCCCNc1cccc(N2C[C@@H](c3ccc(OC)c(OC4CCCC4)c3)CC2=O)c1. The van der Waals surface area contributed by atoms with Crippen LogP contribution in [0.3, 0.4) is 0 Å². The molecule has 2 fully saturated rings. The van der Waals surface area contributed by atoms with Crippen LogP contribution >= 0.6 is 0 Å². The second kappa shape index (κ2) is 10.1. The molecule has 1 aliphatic carbocycles. The van der Waals surface area contributed by atoms with Crippen LogP contribution in [0.15, 0.2) is 42.5 Å². The summed E-state index contributed by atoms with van der Waals surface area (Å²) in [6, 6.07) is 14.3. The molecule has 2 aromatic rings. The van der Waals surface area contributed by atoms with Gasteiger partial charge in [-0.1, -0.05) is 25.5 Å². The molecular formula is C26H34N2O3. The summed E-state index contributed by atoms with van der Waals surface area (Å²) in [5.74, 6) is 1.90. The molecule has 5 heteroatoms. The molecule has 0 bridgehead atoms. The third kappa shape index (κ3) is 5.15. The van der Waals surface area contributed by atoms with Crippen LogP contribution < -0.4 is 19.7 Å². The average Bonchev–Trinajstić information content (AvgIpc) is 3.44. The predicted octanol–water partition coefficient (Wildman–Crippen LogP) is 5.75. The molecule has 0 spiro atoms. The average molecular weight is 423 g/mol. The van der Waals surface area contributed by atoms with Crippen molar-refractivity contribution in [2.45, 2.75) is 63.9 Å². The zero-order valence-electron chi connectivity index (χ0n) is 18.7. The highest BCUT2D eigenvalue weighted by Crippen LogP contribution is 2.38. The number of methoxy groups -OCH3 is 1. The number of benzene rings is 2. The fraction of sp³-hybridized carbons (Fsp3) is 0.500. The minimum atomic E-state index is 0.154. The minimum Gasteiger partial charge on any atom is -0.493 e. The van der Waals surface area contributed by atoms with Crippen LogP contribution in [-0.2, 0) is 4.79 Å². The highest BCUT2D eigenvalue weighted by Gasteiger charge is 2.32. The molecule has 166 valence electrons. The Bertz CT molecular complexity index is 892. The number of hydrogen-bond acceptors (Lipinski definition) is 4. The summed E-state index contributed by atoms with van der Waals surface area (Å²) in [6.07, 6.45) is 7.75. The van der Waals surface area contributed by atoms with Crippen molar-refractivity contribution in [3.05, 3.63) is 48.0 Å². The largest absolute Gasteiger partial charge is 0.493 e. The number of nitrogens with one attached hydrogen (secondary N) is 1. The minimum absolute atomic E-state index is 0.154. The van der Waals surface area contributed by atoms with Gasteiger partial charge in [-0.2, -0.15) is 0 Å². The van der Waals surface area contributed by atoms with Gasteiger partial charge in [0, 0.05) is 36.8 Å². The van der Waals surface area contributed by atoms with E-state index in [0.29, 0.717) is 13.0 Å². The third-order valence-electron chi connectivity index (χ3n) is 6.40. The van der Waals surface area contributed by atoms with Gasteiger partial charge in [-0.05, 0) is 68.0 Å². The van der Waals surface area contributed by atoms with Crippen molar-refractivity contribution in [1.29, 1.82) is 0 Å². The molecular weight excluding hydrogens is 388 g/mol. The molecule has 0 aromatic heterocycles. The van der Waals surface area contributed by atoms with Gasteiger partial charge in [0.25, 0.3) is 0 Å². The van der Waals surface area contributed by atoms with Gasteiger partial charge in [0.2, 0.25) is 5.91 Å². The van der Waals surface area contributed by atoms with E-state index in [1.165, 1.54) is 12.8 Å². The number of carbonyl (C=O) groups is 1. The van der Waals surface area contributed by atoms with Gasteiger partial charge in [-0.3, -0.25) is 4.79 Å². The zero-order valence-corrected chi connectivity index (χ0v) is 18.7. The number of unbranched alkanes of at least 4 members (excludes halogenated alkanes) is 1. The lowest BCUT2D eigenvalue weighted by Crippen LogP contribution is -2.24. The number of anilines is 2. The monoisotopic (exact) mass is 422 g/mol. The molecule has 1 N–H and O–H groups in total. The highest BCUT2D eigenvalue weighted by molar-refractivity contribution is 5.97. The van der Waals surface area contributed by atoms with Crippen molar-refractivity contribution in [3.8, 4) is 11.5 Å². The van der Waals surface area contributed by atoms with Crippen molar-refractivity contribution in [2.24, 2.45) is 0 Å². The molecule has 2 aliphatic rings. The zero-order chi connectivity index (χ0) is 21.6. The van der Waals surface area contributed by atoms with Gasteiger partial charge in [0.1, 0.15) is 0 Å². The molecule has 1 saturated carbocycles. The van der Waals surface area contributed by atoms with Crippen LogP contribution in [0.1, 0.15) is 63.4 Å². The summed E-state index contributed by atoms with van der Waals surface area (Å²) in [6.45, 7) is 3.82. The smallest absolute Gasteiger partial charge is 0.227 e. The van der Waals surface area contributed by atoms with Gasteiger partial charge >= 0.3 is 0 Å². The predicted molar refractivity (Wildman–Crippen MR) is 125 cm³/mol. The van der Waals surface area contributed by atoms with Crippen LogP contribution in [0.4, 0.5) is 11.4 Å². The van der Waals surface area contributed by atoms with Gasteiger partial charge in [0.15, 0.2) is 11.5 Å². The maximum Gasteiger partial charge on any atom is 0.227 e. The standard InChI is InChI=1S/C26H34N2O3/c1-3-4-14-27-21-8-7-9-22(17-21)28-18-20(16-26(28)29)19-12-13-24(30-2)25(15-19)31-23-10-5-6-11-23/h7-9,12-13,15,17,20,23,27H,3-6,10-11,14,16,18H2,1-2H3/t20-/m0/s1. The summed E-state index contributed by atoms with van der Waals surface area (Å²) < 4.78 is 11.8. The van der Waals surface area contributed by atoms with E-state index in [1.807, 2.05) is 23.1 Å². The summed E-state index contributed by atoms with van der Waals surface area (Å²) in [4.78, 5) is 14.8. The quantitative estimate of drug-likeness (QED) is 0.523. The lowest BCUT2D eigenvalue weighted by Gasteiger charge is -2.20. The Morgan fingerprint density at radius 1 is 1.10 bits per heavy atom. The molecule has 5 nitrogen and oxygen atoms in total. The number of ether oxygens (including phenoxy) is 2. The fourth-order valence-electron chi connectivity index (χ4n) is 4.60. The highest BCUT2D eigenvalue weighted by atomic mass is 16.5. The fourth-order valence-corrected chi connectivity index (χ4v) is 4.60. The second-order valence-electron chi connectivity index (χ2n) is 8.67. The molecule has 2 aromatic carbocycles. The number of amides is 1. The van der Waals surface area contributed by atoms with Gasteiger partial charge < -0.3 is 19.7 Å². The van der Waals surface area contributed by atoms with Crippen molar-refractivity contribution in [1.82, 2.24) is 0 Å². The van der Waals surface area contributed by atoms with E-state index in [4.69, 9.17) is 9.47 Å². The summed E-state index contributed by atoms with van der Waals surface area (Å²) in [5, 5.41) is 3.45. The van der Waals surface area contributed by atoms with Crippen LogP contribution in [0.5, 0.6) is 11.5 Å². The van der Waals surface area contributed by atoms with Crippen molar-refractivity contribution in [2.75, 3.05) is 30.4 Å². The van der Waals surface area contributed by atoms with E-state index in [0.717, 1.165) is 60.7 Å². The molecule has 0 unspecified atom stereocenters. The lowest BCUT2D eigenvalue weighted by molar-refractivity contribution is -0.117. The first-order valence-electron chi connectivity index (χ1n) is 11.7. The number of nitrogens with zero attached hydrogens (tertiary/aromatic N) is 1. The first-order valence-corrected chi connectivity index (χ1v) is 11.7. The van der Waals surface area contributed by atoms with Gasteiger partial charge in [0.05, 0.1) is 13.2 Å². The van der Waals surface area contributed by atoms with E-state index < -0.39 is 0 Å². The number of carbonyl (C=O) groups excluding carboxylic acids is 1. The maximum atomic E-state index is 12.9. The van der Waals surface area contributed by atoms with Gasteiger partial charge in [-0.25, -0.2) is 0 Å². The molecule has 31 heavy (non-hydrogen) atoms. The Hall–Kier alpha value is -2.69. The number of hydrogen-bond donors (Lipinski definition) is 1. The van der Waals surface area contributed by atoms with Crippen molar-refractivity contribution >= 4 is 17.3 Å². The van der Waals surface area contributed by atoms with E-state index in [9.17, 15) is 4.79 Å². The molecule has 1 heterocycles. The van der Waals surface area contributed by atoms with E-state index in [-0.39, 0.29) is 17.9 Å². The maximum absolute atomic E-state index is 12.9. The first-order chi connectivity index (χ1) is 15.2. The molecule has 0 radical (unpaired) electrons. The Morgan fingerprint density at radius 3 is 2.71 bits per heavy atom. The molecule has 1 aliphatic heterocycles. The third-order valence-corrected chi connectivity index (χ3v) is 6.40. The Kier molecular flexibility index (Phi) is 7.00. The topological polar surface area (TPSA) is 50.8 Å². The van der Waals surface area contributed by atoms with Crippen LogP contribution in [0, 0.1) is 0 Å². The molecule has 4 rings (SSSR count). The Balaban J connectivity index is 1.48. The van der Waals surface area contributed by atoms with Crippen molar-refractivity contribution < 1.29 is 14.3 Å². The molecule has 1 amide bonds. The normalized spacial score (nSPS) is 19.1. The van der Waals surface area contributed by atoms with E-state index in [2.05, 4.69) is 36.5 Å². The Labute approximate surface area is 185 Å². The summed E-state index contributed by atoms with van der Waals surface area (Å²) in [5.41, 5.74) is 3.17. The lowest BCUT2D eigenvalue weighted by atomic mass is 9.98. The molecule has 1 saturated heterocycles. The first kappa shape index (κ1) is 21.5. The van der Waals surface area contributed by atoms with E-state index in [1.54, 1.807) is 7.11 Å². The number of rotatable bonds is 9. The van der Waals surface area contributed by atoms with Crippen LogP contribution in [0.2, 0.25) is 0 Å². The van der Waals surface area contributed by atoms with Crippen molar-refractivity contribution in [3.63, 3.8) is 0 Å². The van der Waals surface area contributed by atoms with Crippen LogP contribution in [-0.4, -0.2) is 32.2 Å². The summed E-state index contributed by atoms with van der Waals surface area (Å²) in [7, 11) is 1.68. The summed E-state index contributed by atoms with van der Waals surface area (Å²) >= 11 is 0. The second-order valence-corrected chi connectivity index (χ2v) is 8.67. The van der Waals surface area contributed by atoms with Gasteiger partial charge in [-0.15, -0.1) is 0 Å². The Morgan fingerprint density at radius 2 is 1.94 bits per heavy atom. The van der Waals surface area contributed by atoms with Crippen LogP contribution in [0.25, 0.3) is 0 Å². The molecule has 1 atom stereocenters.